The topological polar surface area (TPSA) is 17.8 Å². The minimum Gasteiger partial charge on any atom is -0.292 e. The maximum Gasteiger partial charge on any atom is 0.145 e. The molecule has 0 unspecified atom stereocenters. The van der Waals surface area contributed by atoms with Crippen LogP contribution in [-0.4, -0.2) is 9.55 Å². The predicted octanol–water partition coefficient (Wildman–Crippen LogP) is 13.9. The van der Waals surface area contributed by atoms with Crippen LogP contribution in [0.1, 0.15) is 41.5 Å². The highest BCUT2D eigenvalue weighted by Gasteiger charge is 2.19. The van der Waals surface area contributed by atoms with Crippen molar-refractivity contribution in [3.63, 3.8) is 0 Å². The standard InChI is InChI=1S/C59H44N2/c1-2-41(44-28-32-45(33-29-44)59-60-55-25-12-13-26-56(55)61(59)50-21-4-3-5-22-50)20-14-15-40-27-36-53-54(37-40)58(49-35-31-43-17-7-9-19-47(43)39-49)52-24-11-10-23-51(52)57(53)48-34-30-42-16-6-8-18-46(42)38-48/h2-7,9,12-17,19-39H,1,8,10-11,18H2/b15-14+,41-20+. The molecule has 0 atom stereocenters. The van der Waals surface area contributed by atoms with Gasteiger partial charge in [0.15, 0.2) is 0 Å². The number of aromatic nitrogens is 2. The summed E-state index contributed by atoms with van der Waals surface area (Å²) < 4.78 is 2.24. The maximum atomic E-state index is 5.07. The minimum atomic E-state index is 0.922. The van der Waals surface area contributed by atoms with Crippen molar-refractivity contribution in [3.8, 4) is 39.3 Å². The van der Waals surface area contributed by atoms with Crippen LogP contribution in [-0.2, 0) is 6.42 Å². The van der Waals surface area contributed by atoms with Crippen LogP contribution < -0.4 is 10.4 Å². The highest BCUT2D eigenvalue weighted by molar-refractivity contribution is 6.07. The summed E-state index contributed by atoms with van der Waals surface area (Å²) in [5.41, 5.74) is 15.5. The van der Waals surface area contributed by atoms with Gasteiger partial charge in [-0.25, -0.2) is 4.98 Å². The van der Waals surface area contributed by atoms with E-state index in [1.54, 1.807) is 0 Å². The van der Waals surface area contributed by atoms with Crippen molar-refractivity contribution in [2.24, 2.45) is 0 Å². The van der Waals surface area contributed by atoms with E-state index < -0.39 is 0 Å². The van der Waals surface area contributed by atoms with Gasteiger partial charge in [-0.3, -0.25) is 4.57 Å². The van der Waals surface area contributed by atoms with Gasteiger partial charge in [0.05, 0.1) is 11.0 Å². The summed E-state index contributed by atoms with van der Waals surface area (Å²) in [7, 11) is 0. The van der Waals surface area contributed by atoms with E-state index >= 15 is 0 Å². The summed E-state index contributed by atoms with van der Waals surface area (Å²) in [5.74, 6) is 0.922. The third kappa shape index (κ3) is 6.67. The Morgan fingerprint density at radius 3 is 2.16 bits per heavy atom. The van der Waals surface area contributed by atoms with Crippen molar-refractivity contribution in [3.05, 3.63) is 221 Å². The van der Waals surface area contributed by atoms with Crippen LogP contribution in [0.4, 0.5) is 0 Å². The third-order valence-electron chi connectivity index (χ3n) is 12.5. The Labute approximate surface area is 356 Å². The van der Waals surface area contributed by atoms with Gasteiger partial charge in [-0.05, 0) is 144 Å². The molecule has 2 nitrogen and oxygen atoms in total. The Morgan fingerprint density at radius 1 is 0.607 bits per heavy atom. The lowest BCUT2D eigenvalue weighted by Gasteiger charge is -2.20. The molecule has 0 bridgehead atoms. The molecular weight excluding hydrogens is 737 g/mol. The molecule has 2 aliphatic carbocycles. The smallest absolute Gasteiger partial charge is 0.145 e. The number of benzene rings is 8. The van der Waals surface area contributed by atoms with Crippen LogP contribution in [0.15, 0.2) is 189 Å². The molecular formula is C59H44N2. The Hall–Kier alpha value is -7.55. The quantitative estimate of drug-likeness (QED) is 0.140. The second-order valence-electron chi connectivity index (χ2n) is 16.1. The Morgan fingerprint density at radius 2 is 1.33 bits per heavy atom. The summed E-state index contributed by atoms with van der Waals surface area (Å²) in [6, 6.07) is 57.3. The fourth-order valence-corrected chi connectivity index (χ4v) is 9.50. The van der Waals surface area contributed by atoms with Gasteiger partial charge in [0.1, 0.15) is 5.82 Å². The van der Waals surface area contributed by atoms with E-state index in [0.29, 0.717) is 0 Å². The Bertz CT molecular complexity index is 3410. The van der Waals surface area contributed by atoms with Crippen molar-refractivity contribution in [2.75, 3.05) is 0 Å². The molecule has 0 N–H and O–H groups in total. The number of imidazole rings is 1. The number of aryl methyl sites for hydroxylation is 1. The van der Waals surface area contributed by atoms with E-state index in [1.165, 1.54) is 65.4 Å². The Kier molecular flexibility index (Phi) is 9.32. The first kappa shape index (κ1) is 36.5. The third-order valence-corrected chi connectivity index (χ3v) is 12.5. The number of para-hydroxylation sites is 3. The number of allylic oxidation sites excluding steroid dienone is 5. The molecule has 0 fully saturated rings. The summed E-state index contributed by atoms with van der Waals surface area (Å²) in [6.07, 6.45) is 22.3. The molecule has 0 radical (unpaired) electrons. The predicted molar refractivity (Wildman–Crippen MR) is 261 cm³/mol. The van der Waals surface area contributed by atoms with Crippen molar-refractivity contribution in [1.82, 2.24) is 9.55 Å². The van der Waals surface area contributed by atoms with Gasteiger partial charge in [-0.2, -0.15) is 0 Å². The SMILES string of the molecule is C=C/C(=C\C=C\c1ccc2c(-c3ccc4c(c3)CCC=C4)c3c(c(-c4ccc5ccccc5c4)c2c1)=CCCC=3)c1ccc(-c2nc3ccccc3n2-c2ccccc2)cc1. The lowest BCUT2D eigenvalue weighted by atomic mass is 9.84. The summed E-state index contributed by atoms with van der Waals surface area (Å²) in [4.78, 5) is 5.07. The molecule has 2 heteroatoms. The number of rotatable bonds is 8. The van der Waals surface area contributed by atoms with E-state index in [9.17, 15) is 0 Å². The highest BCUT2D eigenvalue weighted by Crippen LogP contribution is 2.36. The van der Waals surface area contributed by atoms with Crippen LogP contribution in [0.5, 0.6) is 0 Å². The van der Waals surface area contributed by atoms with Crippen LogP contribution in [0.25, 0.3) is 102 Å². The molecule has 11 rings (SSSR count). The van der Waals surface area contributed by atoms with Crippen LogP contribution in [0.3, 0.4) is 0 Å². The highest BCUT2D eigenvalue weighted by atomic mass is 15.1. The van der Waals surface area contributed by atoms with Crippen LogP contribution in [0, 0.1) is 0 Å². The van der Waals surface area contributed by atoms with Gasteiger partial charge in [0.2, 0.25) is 0 Å². The normalized spacial score (nSPS) is 13.6. The molecule has 0 spiro atoms. The first-order chi connectivity index (χ1) is 30.2. The van der Waals surface area contributed by atoms with Gasteiger partial charge < -0.3 is 0 Å². The summed E-state index contributed by atoms with van der Waals surface area (Å²) in [6.45, 7) is 4.21. The number of hydrogen-bond acceptors (Lipinski definition) is 1. The second kappa shape index (κ2) is 15.6. The fourth-order valence-electron chi connectivity index (χ4n) is 9.50. The zero-order chi connectivity index (χ0) is 40.7. The van der Waals surface area contributed by atoms with Gasteiger partial charge in [-0.15, -0.1) is 0 Å². The van der Waals surface area contributed by atoms with Gasteiger partial charge in [0, 0.05) is 11.3 Å². The number of hydrogen-bond donors (Lipinski definition) is 0. The zero-order valence-corrected chi connectivity index (χ0v) is 34.1. The molecule has 8 aromatic carbocycles. The lowest BCUT2D eigenvalue weighted by Crippen LogP contribution is -2.31. The molecule has 2 aliphatic rings. The average Bonchev–Trinajstić information content (AvgIpc) is 3.72. The minimum absolute atomic E-state index is 0.922. The number of nitrogens with zero attached hydrogens (tertiary/aromatic N) is 2. The molecule has 290 valence electrons. The molecule has 9 aromatic rings. The van der Waals surface area contributed by atoms with Crippen molar-refractivity contribution >= 4 is 62.5 Å². The van der Waals surface area contributed by atoms with Crippen molar-refractivity contribution in [1.29, 1.82) is 0 Å². The molecule has 0 aliphatic heterocycles. The van der Waals surface area contributed by atoms with Gasteiger partial charge in [-0.1, -0.05) is 177 Å². The molecule has 0 saturated heterocycles. The van der Waals surface area contributed by atoms with E-state index in [1.807, 2.05) is 18.2 Å². The molecule has 0 saturated carbocycles. The largest absolute Gasteiger partial charge is 0.292 e. The van der Waals surface area contributed by atoms with E-state index in [2.05, 4.69) is 199 Å². The van der Waals surface area contributed by atoms with E-state index in [-0.39, 0.29) is 0 Å². The first-order valence-corrected chi connectivity index (χ1v) is 21.4. The van der Waals surface area contributed by atoms with Crippen LogP contribution in [0.2, 0.25) is 0 Å². The monoisotopic (exact) mass is 780 g/mol. The van der Waals surface area contributed by atoms with Crippen LogP contribution >= 0.6 is 0 Å². The maximum absolute atomic E-state index is 5.07. The lowest BCUT2D eigenvalue weighted by molar-refractivity contribution is 0.986. The molecule has 0 amide bonds. The van der Waals surface area contributed by atoms with Gasteiger partial charge >= 0.3 is 0 Å². The first-order valence-electron chi connectivity index (χ1n) is 21.4. The van der Waals surface area contributed by atoms with Gasteiger partial charge in [0.25, 0.3) is 0 Å². The molecule has 61 heavy (non-hydrogen) atoms. The van der Waals surface area contributed by atoms with E-state index in [4.69, 9.17) is 4.98 Å². The van der Waals surface area contributed by atoms with Crippen molar-refractivity contribution in [2.45, 2.75) is 25.7 Å². The molecule has 1 aromatic heterocycles. The van der Waals surface area contributed by atoms with E-state index in [0.717, 1.165) is 70.5 Å². The average molecular weight is 781 g/mol. The Balaban J connectivity index is 0.999. The summed E-state index contributed by atoms with van der Waals surface area (Å²) >= 11 is 0. The fraction of sp³-hybridized carbons (Fsp3) is 0.0678. The van der Waals surface area contributed by atoms with Crippen molar-refractivity contribution < 1.29 is 0 Å². The molecule has 1 heterocycles. The second-order valence-corrected chi connectivity index (χ2v) is 16.1. The zero-order valence-electron chi connectivity index (χ0n) is 34.1. The number of fused-ring (bicyclic) bond motifs is 5. The summed E-state index contributed by atoms with van der Waals surface area (Å²) in [5, 5.41) is 7.79.